The number of rotatable bonds is 6. The molecule has 1 aliphatic rings. The first-order valence-electron chi connectivity index (χ1n) is 5.82. The molecule has 0 aromatic heterocycles. The SMILES string of the molecule is C=CCNC(=O)OCC1(CC=O)CC=CCC1. The van der Waals surface area contributed by atoms with E-state index in [1.165, 1.54) is 0 Å². The van der Waals surface area contributed by atoms with Crippen LogP contribution in [0, 0.1) is 5.41 Å². The summed E-state index contributed by atoms with van der Waals surface area (Å²) < 4.78 is 5.15. The fourth-order valence-electron chi connectivity index (χ4n) is 1.92. The Balaban J connectivity index is 2.44. The van der Waals surface area contributed by atoms with Gasteiger partial charge in [-0.25, -0.2) is 4.79 Å². The molecule has 0 saturated carbocycles. The maximum atomic E-state index is 11.3. The molecule has 0 saturated heterocycles. The Morgan fingerprint density at radius 3 is 2.94 bits per heavy atom. The second-order valence-electron chi connectivity index (χ2n) is 4.33. The summed E-state index contributed by atoms with van der Waals surface area (Å²) in [6, 6.07) is 0. The van der Waals surface area contributed by atoms with Crippen molar-refractivity contribution in [2.45, 2.75) is 25.7 Å². The minimum Gasteiger partial charge on any atom is -0.449 e. The van der Waals surface area contributed by atoms with E-state index in [0.29, 0.717) is 19.6 Å². The molecule has 1 atom stereocenters. The largest absolute Gasteiger partial charge is 0.449 e. The third-order valence-corrected chi connectivity index (χ3v) is 2.98. The smallest absolute Gasteiger partial charge is 0.407 e. The van der Waals surface area contributed by atoms with Crippen LogP contribution in [0.15, 0.2) is 24.8 Å². The van der Waals surface area contributed by atoms with Crippen LogP contribution >= 0.6 is 0 Å². The van der Waals surface area contributed by atoms with Crippen LogP contribution in [0.25, 0.3) is 0 Å². The highest BCUT2D eigenvalue weighted by atomic mass is 16.5. The van der Waals surface area contributed by atoms with E-state index in [1.807, 2.05) is 0 Å². The monoisotopic (exact) mass is 237 g/mol. The number of carbonyl (C=O) groups excluding carboxylic acids is 2. The summed E-state index contributed by atoms with van der Waals surface area (Å²) in [4.78, 5) is 22.0. The van der Waals surface area contributed by atoms with E-state index in [9.17, 15) is 9.59 Å². The van der Waals surface area contributed by atoms with Gasteiger partial charge in [-0.15, -0.1) is 6.58 Å². The van der Waals surface area contributed by atoms with Crippen molar-refractivity contribution in [3.8, 4) is 0 Å². The maximum absolute atomic E-state index is 11.3. The van der Waals surface area contributed by atoms with Crippen molar-refractivity contribution in [1.82, 2.24) is 5.32 Å². The zero-order valence-corrected chi connectivity index (χ0v) is 9.98. The number of aldehydes is 1. The number of hydrogen-bond donors (Lipinski definition) is 1. The molecule has 17 heavy (non-hydrogen) atoms. The van der Waals surface area contributed by atoms with E-state index in [-0.39, 0.29) is 5.41 Å². The van der Waals surface area contributed by atoms with Crippen LogP contribution in [-0.2, 0) is 9.53 Å². The van der Waals surface area contributed by atoms with Gasteiger partial charge in [0.25, 0.3) is 0 Å². The molecule has 0 spiro atoms. The molecule has 4 heteroatoms. The van der Waals surface area contributed by atoms with E-state index in [2.05, 4.69) is 24.0 Å². The molecule has 1 N–H and O–H groups in total. The maximum Gasteiger partial charge on any atom is 0.407 e. The Hall–Kier alpha value is -1.58. The molecule has 0 heterocycles. The number of alkyl carbamates (subject to hydrolysis) is 1. The molecular formula is C13H19NO3. The molecular weight excluding hydrogens is 218 g/mol. The van der Waals surface area contributed by atoms with Crippen LogP contribution in [0.5, 0.6) is 0 Å². The van der Waals surface area contributed by atoms with Crippen LogP contribution in [0.2, 0.25) is 0 Å². The van der Waals surface area contributed by atoms with Gasteiger partial charge < -0.3 is 14.8 Å². The first-order chi connectivity index (χ1) is 8.22. The third-order valence-electron chi connectivity index (χ3n) is 2.98. The first kappa shape index (κ1) is 13.5. The molecule has 4 nitrogen and oxygen atoms in total. The first-order valence-corrected chi connectivity index (χ1v) is 5.82. The second-order valence-corrected chi connectivity index (χ2v) is 4.33. The molecule has 1 amide bonds. The normalized spacial score (nSPS) is 22.8. The van der Waals surface area contributed by atoms with Crippen molar-refractivity contribution in [3.63, 3.8) is 0 Å². The Morgan fingerprint density at radius 1 is 1.53 bits per heavy atom. The Kier molecular flexibility index (Phi) is 5.46. The van der Waals surface area contributed by atoms with Crippen molar-refractivity contribution in [2.24, 2.45) is 5.41 Å². The van der Waals surface area contributed by atoms with Crippen molar-refractivity contribution in [2.75, 3.05) is 13.2 Å². The van der Waals surface area contributed by atoms with Gasteiger partial charge in [-0.05, 0) is 19.3 Å². The zero-order valence-electron chi connectivity index (χ0n) is 9.98. The molecule has 94 valence electrons. The van der Waals surface area contributed by atoms with E-state index >= 15 is 0 Å². The van der Waals surface area contributed by atoms with E-state index in [1.54, 1.807) is 6.08 Å². The molecule has 1 rings (SSSR count). The van der Waals surface area contributed by atoms with Crippen LogP contribution < -0.4 is 5.32 Å². The second kappa shape index (κ2) is 6.89. The van der Waals surface area contributed by atoms with E-state index < -0.39 is 6.09 Å². The molecule has 1 unspecified atom stereocenters. The van der Waals surface area contributed by atoms with Gasteiger partial charge in [0.05, 0.1) is 6.61 Å². The van der Waals surface area contributed by atoms with Crippen LogP contribution in [-0.4, -0.2) is 25.5 Å². The van der Waals surface area contributed by atoms with Crippen LogP contribution in [0.1, 0.15) is 25.7 Å². The molecule has 0 radical (unpaired) electrons. The lowest BCUT2D eigenvalue weighted by atomic mass is 9.75. The minimum absolute atomic E-state index is 0.206. The van der Waals surface area contributed by atoms with Crippen molar-refractivity contribution >= 4 is 12.4 Å². The lowest BCUT2D eigenvalue weighted by Crippen LogP contribution is -2.33. The minimum atomic E-state index is -0.454. The molecule has 0 aromatic rings. The summed E-state index contributed by atoms with van der Waals surface area (Å²) in [6.07, 6.45) is 9.24. The molecule has 1 aliphatic carbocycles. The standard InChI is InChI=1S/C13H19NO3/c1-2-9-14-12(16)17-11-13(8-10-15)6-4-3-5-7-13/h2-4,10H,1,5-9,11H2,(H,14,16). The predicted octanol–water partition coefficient (Wildman–Crippen LogP) is 2.21. The van der Waals surface area contributed by atoms with E-state index in [0.717, 1.165) is 25.5 Å². The average Bonchev–Trinajstić information content (AvgIpc) is 2.35. The lowest BCUT2D eigenvalue weighted by Gasteiger charge is -2.32. The van der Waals surface area contributed by atoms with Gasteiger partial charge >= 0.3 is 6.09 Å². The van der Waals surface area contributed by atoms with Gasteiger partial charge in [0.1, 0.15) is 6.29 Å². The summed E-state index contributed by atoms with van der Waals surface area (Å²) in [5.74, 6) is 0. The van der Waals surface area contributed by atoms with Crippen LogP contribution in [0.3, 0.4) is 0 Å². The predicted molar refractivity (Wildman–Crippen MR) is 65.7 cm³/mol. The van der Waals surface area contributed by atoms with Gasteiger partial charge in [-0.3, -0.25) is 0 Å². The summed E-state index contributed by atoms with van der Waals surface area (Å²) in [5.41, 5.74) is -0.206. The topological polar surface area (TPSA) is 55.4 Å². The highest BCUT2D eigenvalue weighted by Gasteiger charge is 2.31. The molecule has 0 fully saturated rings. The number of amides is 1. The zero-order chi connectivity index (χ0) is 12.6. The Labute approximate surface area is 102 Å². The summed E-state index contributed by atoms with van der Waals surface area (Å²) in [5, 5.41) is 2.55. The van der Waals surface area contributed by atoms with Gasteiger partial charge in [-0.1, -0.05) is 18.2 Å². The molecule has 0 bridgehead atoms. The van der Waals surface area contributed by atoms with Gasteiger partial charge in [-0.2, -0.15) is 0 Å². The number of hydrogen-bond acceptors (Lipinski definition) is 3. The fourth-order valence-corrected chi connectivity index (χ4v) is 1.92. The highest BCUT2D eigenvalue weighted by molar-refractivity contribution is 5.67. The Bertz CT molecular complexity index is 312. The van der Waals surface area contributed by atoms with E-state index in [4.69, 9.17) is 4.74 Å². The number of allylic oxidation sites excluding steroid dienone is 2. The van der Waals surface area contributed by atoms with Gasteiger partial charge in [0, 0.05) is 18.4 Å². The van der Waals surface area contributed by atoms with Crippen molar-refractivity contribution in [1.29, 1.82) is 0 Å². The van der Waals surface area contributed by atoms with Crippen molar-refractivity contribution < 1.29 is 14.3 Å². The van der Waals surface area contributed by atoms with Gasteiger partial charge in [0.2, 0.25) is 0 Å². The number of carbonyl (C=O) groups is 2. The fraction of sp³-hybridized carbons (Fsp3) is 0.538. The Morgan fingerprint density at radius 2 is 2.35 bits per heavy atom. The average molecular weight is 237 g/mol. The van der Waals surface area contributed by atoms with Crippen LogP contribution in [0.4, 0.5) is 4.79 Å². The summed E-state index contributed by atoms with van der Waals surface area (Å²) in [7, 11) is 0. The molecule has 0 aliphatic heterocycles. The van der Waals surface area contributed by atoms with Crippen molar-refractivity contribution in [3.05, 3.63) is 24.8 Å². The quantitative estimate of drug-likeness (QED) is 0.569. The number of nitrogens with one attached hydrogen (secondary N) is 1. The van der Waals surface area contributed by atoms with Gasteiger partial charge in [0.15, 0.2) is 0 Å². The summed E-state index contributed by atoms with van der Waals surface area (Å²) >= 11 is 0. The number of ether oxygens (including phenoxy) is 1. The molecule has 0 aromatic carbocycles. The highest BCUT2D eigenvalue weighted by Crippen LogP contribution is 2.35. The lowest BCUT2D eigenvalue weighted by molar-refractivity contribution is -0.110. The summed E-state index contributed by atoms with van der Waals surface area (Å²) in [6.45, 7) is 4.18. The third kappa shape index (κ3) is 4.43.